The van der Waals surface area contributed by atoms with Gasteiger partial charge in [0, 0.05) is 28.2 Å². The maximum atomic E-state index is 13.9. The zero-order valence-corrected chi connectivity index (χ0v) is 22.8. The van der Waals surface area contributed by atoms with Crippen molar-refractivity contribution >= 4 is 64.4 Å². The van der Waals surface area contributed by atoms with E-state index < -0.39 is 84.2 Å². The van der Waals surface area contributed by atoms with Gasteiger partial charge < -0.3 is 0 Å². The molecule has 0 aromatic heterocycles. The Labute approximate surface area is 227 Å². The standard InChI is InChI=1S/C21H14Cl4F6O4S2/c1-18(22)9-11(20(26,27)28)10-19(23,24)17(18)36(32,33)14-7-4-8-15(37(25,34)35)16(14)12-5-2-3-6-13(12)21(29,30)31/h2-9,17H,10H2,1H3. The first-order chi connectivity index (χ1) is 16.5. The average Bonchev–Trinajstić information content (AvgIpc) is 2.69. The summed E-state index contributed by atoms with van der Waals surface area (Å²) in [6.07, 6.45) is -10.9. The predicted octanol–water partition coefficient (Wildman–Crippen LogP) is 7.51. The van der Waals surface area contributed by atoms with E-state index in [0.717, 1.165) is 43.3 Å². The quantitative estimate of drug-likeness (QED) is 0.149. The van der Waals surface area contributed by atoms with Crippen molar-refractivity contribution < 1.29 is 43.2 Å². The van der Waals surface area contributed by atoms with Gasteiger partial charge in [-0.3, -0.25) is 0 Å². The maximum Gasteiger partial charge on any atom is 0.417 e. The summed E-state index contributed by atoms with van der Waals surface area (Å²) >= 11 is 18.5. The number of benzene rings is 2. The third kappa shape index (κ3) is 5.89. The highest BCUT2D eigenvalue weighted by Crippen LogP contribution is 2.54. The Kier molecular flexibility index (Phi) is 7.78. The van der Waals surface area contributed by atoms with Crippen molar-refractivity contribution in [2.45, 2.75) is 49.9 Å². The Morgan fingerprint density at radius 1 is 0.838 bits per heavy atom. The van der Waals surface area contributed by atoms with Crippen LogP contribution in [-0.2, 0) is 25.1 Å². The molecule has 0 saturated heterocycles. The van der Waals surface area contributed by atoms with E-state index in [4.69, 9.17) is 45.5 Å². The van der Waals surface area contributed by atoms with Crippen molar-refractivity contribution in [1.82, 2.24) is 0 Å². The van der Waals surface area contributed by atoms with E-state index in [9.17, 15) is 43.2 Å². The van der Waals surface area contributed by atoms with Gasteiger partial charge in [0.2, 0.25) is 0 Å². The zero-order chi connectivity index (χ0) is 28.4. The molecule has 204 valence electrons. The molecule has 1 aliphatic rings. The van der Waals surface area contributed by atoms with Crippen molar-refractivity contribution in [3.05, 3.63) is 59.7 Å². The summed E-state index contributed by atoms with van der Waals surface area (Å²) in [6, 6.07) is 5.92. The van der Waals surface area contributed by atoms with E-state index in [1.54, 1.807) is 0 Å². The van der Waals surface area contributed by atoms with Crippen LogP contribution in [0.3, 0.4) is 0 Å². The SMILES string of the molecule is CC1(Cl)C=C(C(F)(F)F)CC(Cl)(Cl)C1S(=O)(=O)c1cccc(S(=O)(=O)Cl)c1-c1ccccc1C(F)(F)F. The minimum Gasteiger partial charge on any atom is -0.223 e. The number of alkyl halides is 9. The van der Waals surface area contributed by atoms with Crippen LogP contribution in [-0.4, -0.2) is 37.5 Å². The lowest BCUT2D eigenvalue weighted by Gasteiger charge is -2.42. The van der Waals surface area contributed by atoms with E-state index in [1.807, 2.05) is 0 Å². The minimum atomic E-state index is -5.17. The smallest absolute Gasteiger partial charge is 0.223 e. The fourth-order valence-electron chi connectivity index (χ4n) is 4.23. The summed E-state index contributed by atoms with van der Waals surface area (Å²) < 4.78 is 132. The van der Waals surface area contributed by atoms with Gasteiger partial charge >= 0.3 is 12.4 Å². The molecule has 37 heavy (non-hydrogen) atoms. The highest BCUT2D eigenvalue weighted by atomic mass is 35.7. The van der Waals surface area contributed by atoms with Crippen LogP contribution in [0.25, 0.3) is 11.1 Å². The molecule has 0 bridgehead atoms. The Morgan fingerprint density at radius 3 is 1.86 bits per heavy atom. The molecule has 2 aromatic carbocycles. The summed E-state index contributed by atoms with van der Waals surface area (Å²) in [6.45, 7) is 0.882. The van der Waals surface area contributed by atoms with Crippen LogP contribution < -0.4 is 0 Å². The number of hydrogen-bond acceptors (Lipinski definition) is 4. The van der Waals surface area contributed by atoms with Crippen LogP contribution in [0.2, 0.25) is 0 Å². The lowest BCUT2D eigenvalue weighted by molar-refractivity contribution is -0.137. The number of halogens is 10. The normalized spacial score (nSPS) is 23.0. The molecule has 2 aromatic rings. The lowest BCUT2D eigenvalue weighted by atomic mass is 9.89. The molecule has 1 aliphatic carbocycles. The minimum absolute atomic E-state index is 0.408. The molecule has 0 fully saturated rings. The highest BCUT2D eigenvalue weighted by Gasteiger charge is 2.59. The van der Waals surface area contributed by atoms with Crippen molar-refractivity contribution in [2.75, 3.05) is 0 Å². The molecule has 2 unspecified atom stereocenters. The van der Waals surface area contributed by atoms with Crippen LogP contribution in [0, 0.1) is 0 Å². The fourth-order valence-corrected chi connectivity index (χ4v) is 9.85. The summed E-state index contributed by atoms with van der Waals surface area (Å²) in [5.41, 5.74) is -4.56. The second kappa shape index (κ2) is 9.48. The third-order valence-electron chi connectivity index (χ3n) is 5.51. The van der Waals surface area contributed by atoms with Crippen molar-refractivity contribution in [3.63, 3.8) is 0 Å². The van der Waals surface area contributed by atoms with Crippen molar-refractivity contribution in [3.8, 4) is 11.1 Å². The maximum absolute atomic E-state index is 13.9. The number of rotatable bonds is 4. The Hall–Kier alpha value is -1.18. The number of sulfone groups is 1. The molecule has 0 aliphatic heterocycles. The Balaban J connectivity index is 2.45. The molecule has 0 amide bonds. The van der Waals surface area contributed by atoms with Gasteiger partial charge in [-0.05, 0) is 30.7 Å². The molecule has 0 spiro atoms. The molecule has 2 atom stereocenters. The van der Waals surface area contributed by atoms with Gasteiger partial charge in [-0.15, -0.1) is 11.6 Å². The third-order valence-corrected chi connectivity index (χ3v) is 10.8. The van der Waals surface area contributed by atoms with Crippen molar-refractivity contribution in [2.24, 2.45) is 0 Å². The Morgan fingerprint density at radius 2 is 1.38 bits per heavy atom. The van der Waals surface area contributed by atoms with Crippen LogP contribution in [0.4, 0.5) is 26.3 Å². The molecule has 0 radical (unpaired) electrons. The van der Waals surface area contributed by atoms with Gasteiger partial charge in [0.15, 0.2) is 9.84 Å². The van der Waals surface area contributed by atoms with Gasteiger partial charge in [-0.25, -0.2) is 16.8 Å². The fraction of sp³-hybridized carbons (Fsp3) is 0.333. The van der Waals surface area contributed by atoms with E-state index >= 15 is 0 Å². The second-order valence-electron chi connectivity index (χ2n) is 8.29. The molecule has 0 N–H and O–H groups in total. The first-order valence-electron chi connectivity index (χ1n) is 9.85. The van der Waals surface area contributed by atoms with E-state index in [2.05, 4.69) is 0 Å². The van der Waals surface area contributed by atoms with Gasteiger partial charge in [0.25, 0.3) is 9.05 Å². The van der Waals surface area contributed by atoms with Crippen LogP contribution in [0.5, 0.6) is 0 Å². The number of allylic oxidation sites excluding steroid dienone is 2. The highest BCUT2D eigenvalue weighted by molar-refractivity contribution is 8.13. The predicted molar refractivity (Wildman–Crippen MR) is 128 cm³/mol. The van der Waals surface area contributed by atoms with Gasteiger partial charge in [-0.1, -0.05) is 53.5 Å². The summed E-state index contributed by atoms with van der Waals surface area (Å²) in [4.78, 5) is -4.46. The van der Waals surface area contributed by atoms with Crippen LogP contribution in [0.15, 0.2) is 63.9 Å². The second-order valence-corrected chi connectivity index (χ2v) is 15.2. The van der Waals surface area contributed by atoms with E-state index in [0.29, 0.717) is 12.1 Å². The average molecular weight is 650 g/mol. The van der Waals surface area contributed by atoms with Gasteiger partial charge in [0.1, 0.15) is 9.58 Å². The number of hydrogen-bond donors (Lipinski definition) is 0. The van der Waals surface area contributed by atoms with Crippen LogP contribution in [0.1, 0.15) is 18.9 Å². The molecule has 0 heterocycles. The first-order valence-corrected chi connectivity index (χ1v) is 14.8. The summed E-state index contributed by atoms with van der Waals surface area (Å²) in [5, 5.41) is -2.27. The van der Waals surface area contributed by atoms with Crippen molar-refractivity contribution in [1.29, 1.82) is 0 Å². The van der Waals surface area contributed by atoms with E-state index in [-0.39, 0.29) is 0 Å². The molecule has 0 saturated carbocycles. The molecule has 16 heteroatoms. The van der Waals surface area contributed by atoms with Gasteiger partial charge in [-0.2, -0.15) is 26.3 Å². The monoisotopic (exact) mass is 648 g/mol. The van der Waals surface area contributed by atoms with Crippen LogP contribution >= 0.6 is 45.5 Å². The molecule has 4 nitrogen and oxygen atoms in total. The first kappa shape index (κ1) is 30.4. The Bertz CT molecular complexity index is 1480. The zero-order valence-electron chi connectivity index (χ0n) is 18.1. The summed E-state index contributed by atoms with van der Waals surface area (Å²) in [5.74, 6) is 0. The molecular formula is C21H14Cl4F6O4S2. The van der Waals surface area contributed by atoms with Gasteiger partial charge in [0.05, 0.1) is 20.2 Å². The molecular weight excluding hydrogens is 636 g/mol. The molecule has 3 rings (SSSR count). The van der Waals surface area contributed by atoms with E-state index in [1.165, 1.54) is 0 Å². The largest absolute Gasteiger partial charge is 0.417 e. The summed E-state index contributed by atoms with van der Waals surface area (Å²) in [7, 11) is -4.58. The lowest BCUT2D eigenvalue weighted by Crippen LogP contribution is -2.54. The topological polar surface area (TPSA) is 68.3 Å².